The van der Waals surface area contributed by atoms with Crippen LogP contribution in [0.25, 0.3) is 9.40 Å². The molecule has 0 saturated heterocycles. The van der Waals surface area contributed by atoms with Crippen molar-refractivity contribution in [2.75, 3.05) is 0 Å². The summed E-state index contributed by atoms with van der Waals surface area (Å²) in [5, 5.41) is 1.17. The molecule has 2 heterocycles. The Hall–Kier alpha value is -1.65. The first-order valence-electron chi connectivity index (χ1n) is 10.0. The van der Waals surface area contributed by atoms with Crippen LogP contribution >= 0.6 is 22.7 Å². The fourth-order valence-electron chi connectivity index (χ4n) is 3.18. The SMILES string of the molecule is CCCCCCCc1ccc(OC(=O)c2cc3cc(CCC)sc3s2)cc1. The lowest BCUT2D eigenvalue weighted by Crippen LogP contribution is -2.06. The number of hydrogen-bond donors (Lipinski definition) is 0. The number of thiophene rings is 2. The van der Waals surface area contributed by atoms with E-state index in [-0.39, 0.29) is 5.97 Å². The van der Waals surface area contributed by atoms with Crippen molar-refractivity contribution in [1.29, 1.82) is 0 Å². The number of unbranched alkanes of at least 4 members (excludes halogenated alkanes) is 4. The second kappa shape index (κ2) is 10.0. The zero-order valence-electron chi connectivity index (χ0n) is 16.3. The van der Waals surface area contributed by atoms with E-state index >= 15 is 0 Å². The van der Waals surface area contributed by atoms with Crippen molar-refractivity contribution in [3.05, 3.63) is 51.7 Å². The highest BCUT2D eigenvalue weighted by Gasteiger charge is 2.14. The molecule has 0 spiro atoms. The third kappa shape index (κ3) is 5.66. The molecule has 1 aromatic carbocycles. The summed E-state index contributed by atoms with van der Waals surface area (Å²) >= 11 is 3.33. The summed E-state index contributed by atoms with van der Waals surface area (Å²) in [5.41, 5.74) is 1.31. The molecule has 0 N–H and O–H groups in total. The number of benzene rings is 1. The predicted molar refractivity (Wildman–Crippen MR) is 118 cm³/mol. The highest BCUT2D eigenvalue weighted by molar-refractivity contribution is 7.39. The number of rotatable bonds is 10. The predicted octanol–water partition coefficient (Wildman–Crippen LogP) is 7.65. The van der Waals surface area contributed by atoms with Crippen LogP contribution in [0, 0.1) is 0 Å². The van der Waals surface area contributed by atoms with Crippen LogP contribution in [0.3, 0.4) is 0 Å². The second-order valence-corrected chi connectivity index (χ2v) is 9.46. The van der Waals surface area contributed by atoms with Crippen molar-refractivity contribution in [3.8, 4) is 5.75 Å². The fraction of sp³-hybridized carbons (Fsp3) is 0.435. The molecule has 2 aromatic heterocycles. The number of hydrogen-bond acceptors (Lipinski definition) is 4. The van der Waals surface area contributed by atoms with Crippen LogP contribution in [0.1, 0.15) is 72.5 Å². The van der Waals surface area contributed by atoms with E-state index in [4.69, 9.17) is 4.74 Å². The van der Waals surface area contributed by atoms with Crippen LogP contribution in [0.2, 0.25) is 0 Å². The fourth-order valence-corrected chi connectivity index (χ4v) is 5.64. The summed E-state index contributed by atoms with van der Waals surface area (Å²) in [7, 11) is 0. The number of aryl methyl sites for hydroxylation is 2. The largest absolute Gasteiger partial charge is 0.422 e. The lowest BCUT2D eigenvalue weighted by Gasteiger charge is -2.05. The molecule has 0 bridgehead atoms. The van der Waals surface area contributed by atoms with Gasteiger partial charge in [0.2, 0.25) is 0 Å². The normalized spacial score (nSPS) is 11.2. The van der Waals surface area contributed by atoms with E-state index in [0.29, 0.717) is 10.6 Å². The highest BCUT2D eigenvalue weighted by Crippen LogP contribution is 2.34. The maximum atomic E-state index is 12.4. The number of carbonyl (C=O) groups excluding carboxylic acids is 1. The van der Waals surface area contributed by atoms with Crippen LogP contribution in [0.5, 0.6) is 5.75 Å². The van der Waals surface area contributed by atoms with Crippen molar-refractivity contribution in [1.82, 2.24) is 0 Å². The molecule has 0 fully saturated rings. The summed E-state index contributed by atoms with van der Waals surface area (Å²) in [4.78, 5) is 14.5. The quantitative estimate of drug-likeness (QED) is 0.198. The molecule has 2 nitrogen and oxygen atoms in total. The van der Waals surface area contributed by atoms with Crippen molar-refractivity contribution in [2.24, 2.45) is 0 Å². The molecule has 0 amide bonds. The smallest absolute Gasteiger partial charge is 0.353 e. The van der Waals surface area contributed by atoms with Crippen molar-refractivity contribution in [2.45, 2.75) is 65.2 Å². The van der Waals surface area contributed by atoms with Gasteiger partial charge in [-0.05, 0) is 49.1 Å². The Morgan fingerprint density at radius 1 is 0.889 bits per heavy atom. The number of carbonyl (C=O) groups is 1. The molecule has 0 aliphatic rings. The van der Waals surface area contributed by atoms with Gasteiger partial charge in [-0.1, -0.05) is 58.1 Å². The molecule has 144 valence electrons. The van der Waals surface area contributed by atoms with Crippen molar-refractivity contribution in [3.63, 3.8) is 0 Å². The maximum absolute atomic E-state index is 12.4. The molecule has 0 unspecified atom stereocenters. The molecule has 0 saturated carbocycles. The van der Waals surface area contributed by atoms with E-state index in [9.17, 15) is 4.79 Å². The standard InChI is InChI=1S/C23H28O2S2/c1-3-5-6-7-8-10-17-11-13-19(14-12-17)25-22(24)21-16-18-15-20(9-4-2)26-23(18)27-21/h11-16H,3-10H2,1-2H3. The van der Waals surface area contributed by atoms with Gasteiger partial charge in [-0.3, -0.25) is 0 Å². The van der Waals surface area contributed by atoms with Crippen LogP contribution in [-0.2, 0) is 12.8 Å². The van der Waals surface area contributed by atoms with E-state index < -0.39 is 0 Å². The molecule has 27 heavy (non-hydrogen) atoms. The average molecular weight is 401 g/mol. The molecule has 0 atom stereocenters. The second-order valence-electron chi connectivity index (χ2n) is 7.01. The van der Waals surface area contributed by atoms with Crippen molar-refractivity contribution < 1.29 is 9.53 Å². The minimum Gasteiger partial charge on any atom is -0.422 e. The van der Waals surface area contributed by atoms with Gasteiger partial charge in [0, 0.05) is 10.3 Å². The van der Waals surface area contributed by atoms with E-state index in [1.807, 2.05) is 18.2 Å². The van der Waals surface area contributed by atoms with Gasteiger partial charge in [0.05, 0.1) is 4.01 Å². The molecule has 0 aliphatic heterocycles. The Bertz CT molecular complexity index is 827. The van der Waals surface area contributed by atoms with Crippen LogP contribution in [-0.4, -0.2) is 5.97 Å². The third-order valence-corrected chi connectivity index (χ3v) is 7.10. The first-order valence-corrected chi connectivity index (χ1v) is 11.7. The minimum absolute atomic E-state index is 0.257. The average Bonchev–Trinajstić information content (AvgIpc) is 3.22. The van der Waals surface area contributed by atoms with Gasteiger partial charge >= 0.3 is 5.97 Å². The van der Waals surface area contributed by atoms with Gasteiger partial charge in [-0.2, -0.15) is 0 Å². The van der Waals surface area contributed by atoms with E-state index in [1.54, 1.807) is 11.3 Å². The highest BCUT2D eigenvalue weighted by atomic mass is 32.2. The summed E-state index contributed by atoms with van der Waals surface area (Å²) < 4.78 is 6.78. The van der Waals surface area contributed by atoms with Crippen LogP contribution in [0.4, 0.5) is 0 Å². The number of esters is 1. The Kier molecular flexibility index (Phi) is 7.48. The Morgan fingerprint density at radius 3 is 2.37 bits per heavy atom. The van der Waals surface area contributed by atoms with E-state index in [2.05, 4.69) is 32.0 Å². The summed E-state index contributed by atoms with van der Waals surface area (Å²) in [6.45, 7) is 4.43. The monoisotopic (exact) mass is 400 g/mol. The van der Waals surface area contributed by atoms with Gasteiger partial charge in [0.1, 0.15) is 10.6 Å². The topological polar surface area (TPSA) is 26.3 Å². The molecule has 3 rings (SSSR count). The molecule has 3 aromatic rings. The van der Waals surface area contributed by atoms with Gasteiger partial charge in [-0.15, -0.1) is 22.7 Å². The number of fused-ring (bicyclic) bond motifs is 1. The number of ether oxygens (including phenoxy) is 1. The van der Waals surface area contributed by atoms with E-state index in [0.717, 1.165) is 19.3 Å². The Morgan fingerprint density at radius 2 is 1.67 bits per heavy atom. The Balaban J connectivity index is 1.53. The van der Waals surface area contributed by atoms with Crippen LogP contribution < -0.4 is 4.74 Å². The third-order valence-electron chi connectivity index (χ3n) is 4.67. The van der Waals surface area contributed by atoms with E-state index in [1.165, 1.54) is 63.3 Å². The maximum Gasteiger partial charge on any atom is 0.353 e. The molecular weight excluding hydrogens is 372 g/mol. The first kappa shape index (κ1) is 20.1. The summed E-state index contributed by atoms with van der Waals surface area (Å²) in [6, 6.07) is 12.1. The van der Waals surface area contributed by atoms with Gasteiger partial charge in [0.15, 0.2) is 0 Å². The van der Waals surface area contributed by atoms with Crippen molar-refractivity contribution >= 4 is 38.0 Å². The summed E-state index contributed by atoms with van der Waals surface area (Å²) in [6.07, 6.45) is 9.81. The first-order chi connectivity index (χ1) is 13.2. The van der Waals surface area contributed by atoms with Gasteiger partial charge < -0.3 is 4.74 Å². The minimum atomic E-state index is -0.257. The lowest BCUT2D eigenvalue weighted by atomic mass is 10.1. The molecular formula is C23H28O2S2. The molecule has 0 radical (unpaired) electrons. The zero-order chi connectivity index (χ0) is 19.1. The lowest BCUT2D eigenvalue weighted by molar-refractivity contribution is 0.0740. The Labute approximate surface area is 170 Å². The molecule has 4 heteroatoms. The van der Waals surface area contributed by atoms with Gasteiger partial charge in [0.25, 0.3) is 0 Å². The summed E-state index contributed by atoms with van der Waals surface area (Å²) in [5.74, 6) is 0.367. The zero-order valence-corrected chi connectivity index (χ0v) is 17.9. The van der Waals surface area contributed by atoms with Gasteiger partial charge in [-0.25, -0.2) is 4.79 Å². The molecule has 0 aliphatic carbocycles. The van der Waals surface area contributed by atoms with Crippen LogP contribution in [0.15, 0.2) is 36.4 Å².